The van der Waals surface area contributed by atoms with E-state index < -0.39 is 12.0 Å². The lowest BCUT2D eigenvalue weighted by atomic mass is 9.96. The number of carboxylic acid groups (broad SMARTS) is 1. The summed E-state index contributed by atoms with van der Waals surface area (Å²) in [7, 11) is 0. The Balaban J connectivity index is 2.63. The van der Waals surface area contributed by atoms with Gasteiger partial charge in [-0.1, -0.05) is 55.3 Å². The maximum absolute atomic E-state index is 12.0. The number of carboxylic acids is 1. The van der Waals surface area contributed by atoms with Crippen molar-refractivity contribution < 1.29 is 14.7 Å². The Morgan fingerprint density at radius 3 is 2.29 bits per heavy atom. The number of carbonyl (C=O) groups is 2. The first-order valence-corrected chi connectivity index (χ1v) is 7.92. The number of hydrogen-bond acceptors (Lipinski definition) is 2. The standard InChI is InChI=1S/C16H22BrNO3/c1-4-10(2)15(16(20)21)18-14(19)9-11(3)12-5-7-13(17)8-6-12/h5-8,10-11,15H,4,9H2,1-3H3,(H,18,19)(H,20,21)/t10?,11?,15-/m0/s1. The predicted octanol–water partition coefficient (Wildman–Crippen LogP) is 3.56. The van der Waals surface area contributed by atoms with E-state index in [4.69, 9.17) is 0 Å². The van der Waals surface area contributed by atoms with Gasteiger partial charge < -0.3 is 10.4 Å². The quantitative estimate of drug-likeness (QED) is 0.785. The van der Waals surface area contributed by atoms with Gasteiger partial charge >= 0.3 is 5.97 Å². The van der Waals surface area contributed by atoms with E-state index in [0.717, 1.165) is 10.0 Å². The molecule has 1 aromatic rings. The molecule has 1 rings (SSSR count). The van der Waals surface area contributed by atoms with Gasteiger partial charge in [-0.3, -0.25) is 4.79 Å². The second kappa shape index (κ2) is 8.17. The molecule has 0 aliphatic heterocycles. The van der Waals surface area contributed by atoms with Gasteiger partial charge in [0.05, 0.1) is 0 Å². The molecule has 0 aliphatic carbocycles. The van der Waals surface area contributed by atoms with Crippen molar-refractivity contribution in [3.63, 3.8) is 0 Å². The lowest BCUT2D eigenvalue weighted by Gasteiger charge is -2.21. The van der Waals surface area contributed by atoms with Crippen LogP contribution in [0.15, 0.2) is 28.7 Å². The van der Waals surface area contributed by atoms with Gasteiger partial charge in [-0.05, 0) is 29.5 Å². The lowest BCUT2D eigenvalue weighted by molar-refractivity contribution is -0.143. The van der Waals surface area contributed by atoms with Crippen LogP contribution in [-0.2, 0) is 9.59 Å². The van der Waals surface area contributed by atoms with Crippen molar-refractivity contribution in [1.29, 1.82) is 0 Å². The number of amides is 1. The molecule has 0 saturated carbocycles. The minimum Gasteiger partial charge on any atom is -0.480 e. The smallest absolute Gasteiger partial charge is 0.326 e. The van der Waals surface area contributed by atoms with Crippen LogP contribution in [0.3, 0.4) is 0 Å². The Bertz CT molecular complexity index is 487. The summed E-state index contributed by atoms with van der Waals surface area (Å²) in [5.41, 5.74) is 1.06. The van der Waals surface area contributed by atoms with E-state index >= 15 is 0 Å². The molecule has 1 amide bonds. The van der Waals surface area contributed by atoms with Gasteiger partial charge in [0.25, 0.3) is 0 Å². The largest absolute Gasteiger partial charge is 0.480 e. The molecular weight excluding hydrogens is 334 g/mol. The zero-order chi connectivity index (χ0) is 16.0. The molecule has 0 radical (unpaired) electrons. The Labute approximate surface area is 134 Å². The fourth-order valence-corrected chi connectivity index (χ4v) is 2.37. The molecule has 0 aliphatic rings. The topological polar surface area (TPSA) is 66.4 Å². The second-order valence-corrected chi connectivity index (χ2v) is 6.34. The summed E-state index contributed by atoms with van der Waals surface area (Å²) >= 11 is 3.37. The van der Waals surface area contributed by atoms with Crippen molar-refractivity contribution in [1.82, 2.24) is 5.32 Å². The number of aliphatic carboxylic acids is 1. The fraction of sp³-hybridized carbons (Fsp3) is 0.500. The van der Waals surface area contributed by atoms with E-state index in [1.807, 2.05) is 45.0 Å². The highest BCUT2D eigenvalue weighted by Gasteiger charge is 2.25. The SMILES string of the molecule is CCC(C)[C@H](NC(=O)CC(C)c1ccc(Br)cc1)C(=O)O. The average molecular weight is 356 g/mol. The van der Waals surface area contributed by atoms with Crippen molar-refractivity contribution in [3.8, 4) is 0 Å². The van der Waals surface area contributed by atoms with Crippen molar-refractivity contribution in [2.24, 2.45) is 5.92 Å². The van der Waals surface area contributed by atoms with Crippen LogP contribution in [0.2, 0.25) is 0 Å². The van der Waals surface area contributed by atoms with Crippen molar-refractivity contribution in [3.05, 3.63) is 34.3 Å². The number of hydrogen-bond donors (Lipinski definition) is 2. The molecule has 1 aromatic carbocycles. The molecule has 0 fully saturated rings. The average Bonchev–Trinajstić information content (AvgIpc) is 2.44. The molecule has 5 heteroatoms. The molecule has 2 unspecified atom stereocenters. The summed E-state index contributed by atoms with van der Waals surface area (Å²) in [6.45, 7) is 5.70. The van der Waals surface area contributed by atoms with Gasteiger partial charge in [-0.25, -0.2) is 4.79 Å². The maximum Gasteiger partial charge on any atom is 0.326 e. The number of carbonyl (C=O) groups excluding carboxylic acids is 1. The monoisotopic (exact) mass is 355 g/mol. The van der Waals surface area contributed by atoms with Crippen LogP contribution in [0.1, 0.15) is 45.1 Å². The lowest BCUT2D eigenvalue weighted by Crippen LogP contribution is -2.45. The van der Waals surface area contributed by atoms with Gasteiger partial charge in [-0.15, -0.1) is 0 Å². The molecule has 0 bridgehead atoms. The second-order valence-electron chi connectivity index (χ2n) is 5.43. The van der Waals surface area contributed by atoms with Crippen LogP contribution in [0.4, 0.5) is 0 Å². The predicted molar refractivity (Wildman–Crippen MR) is 86.2 cm³/mol. The van der Waals surface area contributed by atoms with E-state index in [2.05, 4.69) is 21.2 Å². The Kier molecular flexibility index (Phi) is 6.89. The van der Waals surface area contributed by atoms with Gasteiger partial charge in [0.1, 0.15) is 6.04 Å². The van der Waals surface area contributed by atoms with E-state index in [9.17, 15) is 14.7 Å². The third kappa shape index (κ3) is 5.50. The zero-order valence-electron chi connectivity index (χ0n) is 12.6. The summed E-state index contributed by atoms with van der Waals surface area (Å²) in [5.74, 6) is -1.24. The van der Waals surface area contributed by atoms with Crippen LogP contribution in [0, 0.1) is 5.92 Å². The van der Waals surface area contributed by atoms with Gasteiger partial charge in [0, 0.05) is 10.9 Å². The molecule has 116 valence electrons. The molecule has 0 heterocycles. The molecule has 21 heavy (non-hydrogen) atoms. The van der Waals surface area contributed by atoms with Crippen molar-refractivity contribution in [2.45, 2.75) is 45.6 Å². The summed E-state index contributed by atoms with van der Waals surface area (Å²) in [5, 5.41) is 11.8. The third-order valence-electron chi connectivity index (χ3n) is 3.73. The molecule has 2 N–H and O–H groups in total. The maximum atomic E-state index is 12.0. The summed E-state index contributed by atoms with van der Waals surface area (Å²) in [6, 6.07) is 6.97. The van der Waals surface area contributed by atoms with E-state index in [0.29, 0.717) is 6.42 Å². The molecule has 0 spiro atoms. The van der Waals surface area contributed by atoms with Crippen LogP contribution in [0.5, 0.6) is 0 Å². The molecule has 4 nitrogen and oxygen atoms in total. The van der Waals surface area contributed by atoms with Gasteiger partial charge in [0.2, 0.25) is 5.91 Å². The van der Waals surface area contributed by atoms with Crippen molar-refractivity contribution in [2.75, 3.05) is 0 Å². The molecular formula is C16H22BrNO3. The third-order valence-corrected chi connectivity index (χ3v) is 4.25. The molecule has 0 aromatic heterocycles. The summed E-state index contributed by atoms with van der Waals surface area (Å²) in [4.78, 5) is 23.3. The fourth-order valence-electron chi connectivity index (χ4n) is 2.10. The first-order chi connectivity index (χ1) is 9.85. The van der Waals surface area contributed by atoms with Crippen LogP contribution in [-0.4, -0.2) is 23.0 Å². The molecule has 0 saturated heterocycles. The first-order valence-electron chi connectivity index (χ1n) is 7.12. The number of halogens is 1. The van der Waals surface area contributed by atoms with E-state index in [1.54, 1.807) is 0 Å². The highest BCUT2D eigenvalue weighted by molar-refractivity contribution is 9.10. The van der Waals surface area contributed by atoms with Crippen LogP contribution >= 0.6 is 15.9 Å². The van der Waals surface area contributed by atoms with E-state index in [1.165, 1.54) is 0 Å². The van der Waals surface area contributed by atoms with Gasteiger partial charge in [0.15, 0.2) is 0 Å². The summed E-state index contributed by atoms with van der Waals surface area (Å²) in [6.07, 6.45) is 0.987. The minimum atomic E-state index is -0.978. The number of benzene rings is 1. The van der Waals surface area contributed by atoms with Crippen LogP contribution in [0.25, 0.3) is 0 Å². The Morgan fingerprint density at radius 1 is 1.24 bits per heavy atom. The van der Waals surface area contributed by atoms with Crippen LogP contribution < -0.4 is 5.32 Å². The zero-order valence-corrected chi connectivity index (χ0v) is 14.2. The van der Waals surface area contributed by atoms with Crippen molar-refractivity contribution >= 4 is 27.8 Å². The minimum absolute atomic E-state index is 0.0458. The van der Waals surface area contributed by atoms with Gasteiger partial charge in [-0.2, -0.15) is 0 Å². The highest BCUT2D eigenvalue weighted by atomic mass is 79.9. The van der Waals surface area contributed by atoms with E-state index in [-0.39, 0.29) is 24.2 Å². The Morgan fingerprint density at radius 2 is 1.81 bits per heavy atom. The Hall–Kier alpha value is -1.36. The normalized spacial score (nSPS) is 15.0. The highest BCUT2D eigenvalue weighted by Crippen LogP contribution is 2.21. The number of rotatable bonds is 7. The number of nitrogens with one attached hydrogen (secondary N) is 1. The molecule has 3 atom stereocenters. The summed E-state index contributed by atoms with van der Waals surface area (Å²) < 4.78 is 0.991. The first kappa shape index (κ1) is 17.7.